The molecule has 0 N–H and O–H groups in total. The van der Waals surface area contributed by atoms with Crippen LogP contribution in [0, 0.1) is 0 Å². The maximum absolute atomic E-state index is 13.4. The van der Waals surface area contributed by atoms with Crippen LogP contribution in [0.3, 0.4) is 0 Å². The van der Waals surface area contributed by atoms with Crippen LogP contribution >= 0.6 is 11.8 Å². The molecule has 0 aliphatic carbocycles. The van der Waals surface area contributed by atoms with E-state index in [0.29, 0.717) is 11.8 Å². The minimum absolute atomic E-state index is 0.187. The highest BCUT2D eigenvalue weighted by molar-refractivity contribution is 8.14. The topological polar surface area (TPSA) is 17.1 Å². The number of carbonyl (C=O) groups excluding carboxylic acids is 1. The van der Waals surface area contributed by atoms with Crippen molar-refractivity contribution >= 4 is 16.9 Å². The molecule has 0 amide bonds. The number of benzene rings is 1. The van der Waals surface area contributed by atoms with Crippen LogP contribution in [0.2, 0.25) is 0 Å². The zero-order valence-corrected chi connectivity index (χ0v) is 12.7. The molecule has 0 saturated carbocycles. The van der Waals surface area contributed by atoms with Gasteiger partial charge in [-0.15, -0.1) is 0 Å². The van der Waals surface area contributed by atoms with Crippen molar-refractivity contribution < 1.29 is 39.9 Å². The van der Waals surface area contributed by atoms with Crippen molar-refractivity contribution in [2.75, 3.05) is 5.75 Å². The quantitative estimate of drug-likeness (QED) is 0.608. The maximum atomic E-state index is 13.4. The minimum atomic E-state index is -5.78. The van der Waals surface area contributed by atoms with Gasteiger partial charge in [0.1, 0.15) is 0 Å². The van der Waals surface area contributed by atoms with E-state index in [-0.39, 0.29) is 5.56 Å². The van der Waals surface area contributed by atoms with Gasteiger partial charge in [-0.3, -0.25) is 4.79 Å². The molecule has 0 fully saturated rings. The number of rotatable bonds is 7. The Bertz CT molecular complexity index is 533. The lowest BCUT2D eigenvalue weighted by atomic mass is 10.0. The molecule has 0 saturated heterocycles. The highest BCUT2D eigenvalue weighted by Crippen LogP contribution is 2.36. The van der Waals surface area contributed by atoms with Crippen LogP contribution in [0.25, 0.3) is 0 Å². The predicted molar refractivity (Wildman–Crippen MR) is 73.5 cm³/mol. The SMILES string of the molecule is O=C(SCCC(F)(F)C(F)C(F)C(F)C(F)(F)F)c1ccccc1. The van der Waals surface area contributed by atoms with Crippen molar-refractivity contribution in [1.29, 1.82) is 0 Å². The zero-order valence-electron chi connectivity index (χ0n) is 11.9. The molecule has 1 nitrogen and oxygen atoms in total. The lowest BCUT2D eigenvalue weighted by Crippen LogP contribution is -2.47. The molecule has 0 spiro atoms. The van der Waals surface area contributed by atoms with E-state index in [0.717, 1.165) is 0 Å². The van der Waals surface area contributed by atoms with E-state index in [9.17, 15) is 39.9 Å². The van der Waals surface area contributed by atoms with E-state index in [1.807, 2.05) is 0 Å². The van der Waals surface area contributed by atoms with Gasteiger partial charge in [0.2, 0.25) is 11.3 Å². The number of hydrogen-bond acceptors (Lipinski definition) is 2. The number of alkyl halides is 8. The third kappa shape index (κ3) is 5.64. The Balaban J connectivity index is 2.58. The minimum Gasteiger partial charge on any atom is -0.282 e. The average Bonchev–Trinajstić information content (AvgIpc) is 2.52. The summed E-state index contributed by atoms with van der Waals surface area (Å²) in [4.78, 5) is 11.6. The molecular formula is C14H12F8OS. The second-order valence-electron chi connectivity index (χ2n) is 4.80. The van der Waals surface area contributed by atoms with Crippen LogP contribution in [0.4, 0.5) is 35.1 Å². The third-order valence-electron chi connectivity index (χ3n) is 2.95. The van der Waals surface area contributed by atoms with Crippen LogP contribution in [-0.2, 0) is 0 Å². The van der Waals surface area contributed by atoms with Gasteiger partial charge < -0.3 is 0 Å². The van der Waals surface area contributed by atoms with Crippen molar-refractivity contribution in [3.8, 4) is 0 Å². The van der Waals surface area contributed by atoms with Crippen molar-refractivity contribution in [2.45, 2.75) is 37.0 Å². The summed E-state index contributed by atoms with van der Waals surface area (Å²) in [6.45, 7) is 0. The number of hydrogen-bond donors (Lipinski definition) is 0. The van der Waals surface area contributed by atoms with Crippen LogP contribution in [0.1, 0.15) is 16.8 Å². The lowest BCUT2D eigenvalue weighted by molar-refractivity contribution is -0.215. The molecule has 0 aliphatic rings. The molecule has 10 heteroatoms. The molecule has 1 aromatic rings. The summed E-state index contributed by atoms with van der Waals surface area (Å²) in [5.41, 5.74) is 0.187. The Morgan fingerprint density at radius 3 is 2.00 bits per heavy atom. The van der Waals surface area contributed by atoms with Gasteiger partial charge in [-0.05, 0) is 0 Å². The summed E-state index contributed by atoms with van der Waals surface area (Å²) in [7, 11) is 0. The van der Waals surface area contributed by atoms with Gasteiger partial charge in [0.15, 0.2) is 12.3 Å². The molecule has 0 bridgehead atoms. The van der Waals surface area contributed by atoms with Gasteiger partial charge in [0, 0.05) is 17.7 Å². The molecule has 3 atom stereocenters. The molecule has 0 heterocycles. The fraction of sp³-hybridized carbons (Fsp3) is 0.500. The van der Waals surface area contributed by atoms with Crippen LogP contribution in [0.5, 0.6) is 0 Å². The van der Waals surface area contributed by atoms with E-state index in [2.05, 4.69) is 0 Å². The molecule has 1 rings (SSSR count). The predicted octanol–water partition coefficient (Wildman–Crippen LogP) is 5.16. The molecule has 1 aromatic carbocycles. The van der Waals surface area contributed by atoms with Gasteiger partial charge in [-0.2, -0.15) is 13.2 Å². The fourth-order valence-corrected chi connectivity index (χ4v) is 2.50. The maximum Gasteiger partial charge on any atom is 0.422 e. The molecule has 0 radical (unpaired) electrons. The van der Waals surface area contributed by atoms with E-state index < -0.39 is 47.9 Å². The first-order valence-electron chi connectivity index (χ1n) is 6.55. The third-order valence-corrected chi connectivity index (χ3v) is 3.86. The van der Waals surface area contributed by atoms with Gasteiger partial charge >= 0.3 is 6.18 Å². The van der Waals surface area contributed by atoms with E-state index in [1.54, 1.807) is 6.07 Å². The monoisotopic (exact) mass is 380 g/mol. The van der Waals surface area contributed by atoms with Crippen molar-refractivity contribution in [1.82, 2.24) is 0 Å². The largest absolute Gasteiger partial charge is 0.422 e. The van der Waals surface area contributed by atoms with Crippen molar-refractivity contribution in [3.05, 3.63) is 35.9 Å². The fourth-order valence-electron chi connectivity index (χ4n) is 1.64. The normalized spacial score (nSPS) is 16.5. The molecule has 3 unspecified atom stereocenters. The standard InChI is InChI=1S/C14H12F8OS/c15-9(11(17)14(20,21)22)10(16)13(18,19)6-7-24-12(23)8-4-2-1-3-5-8/h1-5,9-11H,6-7H2. The summed E-state index contributed by atoms with van der Waals surface area (Å²) >= 11 is 0.375. The summed E-state index contributed by atoms with van der Waals surface area (Å²) in [6.07, 6.45) is -19.6. The Hall–Kier alpha value is -1.32. The van der Waals surface area contributed by atoms with E-state index >= 15 is 0 Å². The van der Waals surface area contributed by atoms with Crippen molar-refractivity contribution in [2.24, 2.45) is 0 Å². The Morgan fingerprint density at radius 1 is 0.958 bits per heavy atom. The Kier molecular flexibility index (Phi) is 7.06. The molecule has 0 aliphatic heterocycles. The molecule has 136 valence electrons. The second kappa shape index (κ2) is 8.17. The molecule has 24 heavy (non-hydrogen) atoms. The first-order valence-corrected chi connectivity index (χ1v) is 7.54. The highest BCUT2D eigenvalue weighted by atomic mass is 32.2. The lowest BCUT2D eigenvalue weighted by Gasteiger charge is -2.25. The smallest absolute Gasteiger partial charge is 0.282 e. The average molecular weight is 380 g/mol. The number of halogens is 8. The summed E-state index contributed by atoms with van der Waals surface area (Å²) in [5.74, 6) is -5.21. The number of thioether (sulfide) groups is 1. The molecular weight excluding hydrogens is 368 g/mol. The van der Waals surface area contributed by atoms with E-state index in [4.69, 9.17) is 0 Å². The first-order chi connectivity index (χ1) is 11.0. The molecule has 0 aromatic heterocycles. The van der Waals surface area contributed by atoms with Gasteiger partial charge in [-0.1, -0.05) is 42.1 Å². The van der Waals surface area contributed by atoms with Gasteiger partial charge in [0.05, 0.1) is 0 Å². The number of carbonyl (C=O) groups is 1. The van der Waals surface area contributed by atoms with Gasteiger partial charge in [-0.25, -0.2) is 22.0 Å². The highest BCUT2D eigenvalue weighted by Gasteiger charge is 2.55. The van der Waals surface area contributed by atoms with Crippen LogP contribution in [-0.4, -0.2) is 41.5 Å². The van der Waals surface area contributed by atoms with Crippen LogP contribution in [0.15, 0.2) is 30.3 Å². The van der Waals surface area contributed by atoms with Crippen LogP contribution < -0.4 is 0 Å². The summed E-state index contributed by atoms with van der Waals surface area (Å²) in [5, 5.41) is -0.614. The zero-order chi connectivity index (χ0) is 18.5. The van der Waals surface area contributed by atoms with E-state index in [1.165, 1.54) is 24.3 Å². The summed E-state index contributed by atoms with van der Waals surface area (Å²) in [6, 6.07) is 7.46. The van der Waals surface area contributed by atoms with Gasteiger partial charge in [0.25, 0.3) is 5.92 Å². The van der Waals surface area contributed by atoms with Crippen molar-refractivity contribution in [3.63, 3.8) is 0 Å². The first kappa shape index (κ1) is 20.7. The second-order valence-corrected chi connectivity index (χ2v) is 5.87. The Labute approximate surface area is 136 Å². The summed E-state index contributed by atoms with van der Waals surface area (Å²) < 4.78 is 101. The Morgan fingerprint density at radius 2 is 1.50 bits per heavy atom.